The first kappa shape index (κ1) is 17.4. The average molecular weight is 342 g/mol. The molecule has 0 atom stereocenters. The van der Waals surface area contributed by atoms with Crippen molar-refractivity contribution in [2.45, 2.75) is 24.7 Å². The van der Waals surface area contributed by atoms with Gasteiger partial charge in [0.15, 0.2) is 0 Å². The van der Waals surface area contributed by atoms with Gasteiger partial charge in [-0.15, -0.1) is 0 Å². The molecule has 2 aromatic rings. The number of anilines is 2. The van der Waals surface area contributed by atoms with Crippen LogP contribution < -0.4 is 10.2 Å². The van der Waals surface area contributed by atoms with E-state index in [1.54, 1.807) is 6.07 Å². The third-order valence-electron chi connectivity index (χ3n) is 5.02. The molecule has 2 N–H and O–H groups in total. The highest BCUT2D eigenvalue weighted by Crippen LogP contribution is 2.44. The van der Waals surface area contributed by atoms with Gasteiger partial charge < -0.3 is 15.3 Å². The number of aliphatic hydroxyl groups excluding tert-OH is 1. The summed E-state index contributed by atoms with van der Waals surface area (Å²) in [7, 11) is 1.90. The normalized spacial score (nSPS) is 15.3. The van der Waals surface area contributed by atoms with E-state index in [1.165, 1.54) is 12.1 Å². The third-order valence-corrected chi connectivity index (χ3v) is 5.02. The van der Waals surface area contributed by atoms with Crippen LogP contribution in [-0.2, 0) is 10.2 Å². The van der Waals surface area contributed by atoms with E-state index in [-0.39, 0.29) is 18.3 Å². The lowest BCUT2D eigenvalue weighted by Crippen LogP contribution is -2.46. The summed E-state index contributed by atoms with van der Waals surface area (Å²) in [5.41, 5.74) is 1.80. The van der Waals surface area contributed by atoms with Gasteiger partial charge in [0.25, 0.3) is 0 Å². The van der Waals surface area contributed by atoms with E-state index in [0.29, 0.717) is 12.2 Å². The first-order valence-corrected chi connectivity index (χ1v) is 8.55. The van der Waals surface area contributed by atoms with Crippen molar-refractivity contribution < 1.29 is 14.3 Å². The number of rotatable bonds is 6. The zero-order valence-corrected chi connectivity index (χ0v) is 14.3. The molecule has 0 spiro atoms. The number of amides is 1. The molecule has 1 amide bonds. The molecule has 25 heavy (non-hydrogen) atoms. The van der Waals surface area contributed by atoms with Crippen molar-refractivity contribution in [2.24, 2.45) is 0 Å². The van der Waals surface area contributed by atoms with Gasteiger partial charge in [-0.2, -0.15) is 0 Å². The predicted octanol–water partition coefficient (Wildman–Crippen LogP) is 3.31. The first-order chi connectivity index (χ1) is 12.0. The highest BCUT2D eigenvalue weighted by Gasteiger charge is 2.45. The largest absolute Gasteiger partial charge is 0.395 e. The number of halogens is 1. The molecular formula is C20H23FN2O2. The Balaban J connectivity index is 1.75. The molecule has 2 aromatic carbocycles. The molecule has 0 unspecified atom stereocenters. The van der Waals surface area contributed by atoms with Gasteiger partial charge in [-0.3, -0.25) is 4.79 Å². The molecule has 0 aliphatic heterocycles. The summed E-state index contributed by atoms with van der Waals surface area (Å²) < 4.78 is 13.6. The molecule has 0 heterocycles. The number of hydrogen-bond donors (Lipinski definition) is 2. The van der Waals surface area contributed by atoms with Gasteiger partial charge in [-0.1, -0.05) is 18.6 Å². The van der Waals surface area contributed by atoms with E-state index in [4.69, 9.17) is 5.11 Å². The number of nitrogens with zero attached hydrogens (tertiary/aromatic N) is 1. The minimum Gasteiger partial charge on any atom is -0.395 e. The van der Waals surface area contributed by atoms with E-state index < -0.39 is 5.41 Å². The topological polar surface area (TPSA) is 52.6 Å². The molecule has 1 aliphatic rings. The van der Waals surface area contributed by atoms with Crippen molar-refractivity contribution in [3.63, 3.8) is 0 Å². The molecule has 0 aromatic heterocycles. The molecule has 1 fully saturated rings. The fourth-order valence-corrected chi connectivity index (χ4v) is 3.29. The molecule has 4 nitrogen and oxygen atoms in total. The van der Waals surface area contributed by atoms with Gasteiger partial charge in [0.2, 0.25) is 5.91 Å². The maximum atomic E-state index is 13.6. The van der Waals surface area contributed by atoms with Crippen molar-refractivity contribution in [2.75, 3.05) is 30.4 Å². The number of carbonyl (C=O) groups is 1. The second-order valence-electron chi connectivity index (χ2n) is 6.59. The molecule has 5 heteroatoms. The van der Waals surface area contributed by atoms with E-state index >= 15 is 0 Å². The van der Waals surface area contributed by atoms with Crippen LogP contribution in [0.25, 0.3) is 0 Å². The van der Waals surface area contributed by atoms with Gasteiger partial charge in [-0.05, 0) is 54.8 Å². The van der Waals surface area contributed by atoms with Crippen LogP contribution in [0, 0.1) is 5.82 Å². The van der Waals surface area contributed by atoms with Crippen LogP contribution in [0.1, 0.15) is 24.8 Å². The minimum absolute atomic E-state index is 0.0826. The van der Waals surface area contributed by atoms with Crippen molar-refractivity contribution in [1.82, 2.24) is 0 Å². The number of hydrogen-bond acceptors (Lipinski definition) is 3. The van der Waals surface area contributed by atoms with E-state index in [9.17, 15) is 9.18 Å². The van der Waals surface area contributed by atoms with Crippen molar-refractivity contribution in [3.8, 4) is 0 Å². The lowest BCUT2D eigenvalue weighted by molar-refractivity contribution is -0.124. The smallest absolute Gasteiger partial charge is 0.235 e. The number of likely N-dealkylation sites (N-methyl/N-ethyl adjacent to an activating group) is 1. The van der Waals surface area contributed by atoms with Crippen molar-refractivity contribution in [3.05, 3.63) is 59.9 Å². The number of aliphatic hydroxyl groups is 1. The third kappa shape index (κ3) is 3.51. The maximum Gasteiger partial charge on any atom is 0.235 e. The standard InChI is InChI=1S/C20H23FN2O2/c1-23(12-13-24)18-8-6-17(7-9-18)22-19(25)20(10-3-11-20)15-4-2-5-16(21)14-15/h2,4-9,14,24H,3,10-13H2,1H3,(H,22,25). The van der Waals surface area contributed by atoms with E-state index in [0.717, 1.165) is 30.5 Å². The number of carbonyl (C=O) groups excluding carboxylic acids is 1. The summed E-state index contributed by atoms with van der Waals surface area (Å²) in [4.78, 5) is 14.8. The van der Waals surface area contributed by atoms with Crippen molar-refractivity contribution >= 4 is 17.3 Å². The first-order valence-electron chi connectivity index (χ1n) is 8.55. The van der Waals surface area contributed by atoms with Crippen LogP contribution >= 0.6 is 0 Å². The van der Waals surface area contributed by atoms with Gasteiger partial charge in [-0.25, -0.2) is 4.39 Å². The second kappa shape index (κ2) is 7.23. The van der Waals surface area contributed by atoms with Crippen LogP contribution in [0.3, 0.4) is 0 Å². The Morgan fingerprint density at radius 3 is 2.52 bits per heavy atom. The van der Waals surface area contributed by atoms with E-state index in [1.807, 2.05) is 42.3 Å². The highest BCUT2D eigenvalue weighted by atomic mass is 19.1. The second-order valence-corrected chi connectivity index (χ2v) is 6.59. The molecule has 1 aliphatic carbocycles. The van der Waals surface area contributed by atoms with Crippen LogP contribution in [-0.4, -0.2) is 31.2 Å². The maximum absolute atomic E-state index is 13.6. The quantitative estimate of drug-likeness (QED) is 0.847. The predicted molar refractivity (Wildman–Crippen MR) is 97.4 cm³/mol. The fourth-order valence-electron chi connectivity index (χ4n) is 3.29. The van der Waals surface area contributed by atoms with E-state index in [2.05, 4.69) is 5.32 Å². The molecule has 0 saturated heterocycles. The summed E-state index contributed by atoms with van der Waals surface area (Å²) >= 11 is 0. The van der Waals surface area contributed by atoms with Gasteiger partial charge in [0.1, 0.15) is 5.82 Å². The summed E-state index contributed by atoms with van der Waals surface area (Å²) in [6.45, 7) is 0.638. The SMILES string of the molecule is CN(CCO)c1ccc(NC(=O)C2(c3cccc(F)c3)CCC2)cc1. The fraction of sp³-hybridized carbons (Fsp3) is 0.350. The average Bonchev–Trinajstić information content (AvgIpc) is 2.55. The van der Waals surface area contributed by atoms with Gasteiger partial charge >= 0.3 is 0 Å². The van der Waals surface area contributed by atoms with Crippen molar-refractivity contribution in [1.29, 1.82) is 0 Å². The Labute approximate surface area is 147 Å². The zero-order valence-electron chi connectivity index (χ0n) is 14.3. The zero-order chi connectivity index (χ0) is 17.9. The summed E-state index contributed by atoms with van der Waals surface area (Å²) in [5, 5.41) is 12.0. The lowest BCUT2D eigenvalue weighted by Gasteiger charge is -2.40. The lowest BCUT2D eigenvalue weighted by atomic mass is 9.63. The molecule has 132 valence electrons. The van der Waals surface area contributed by atoms with Gasteiger partial charge in [0, 0.05) is 25.0 Å². The Bertz CT molecular complexity index is 742. The Hall–Kier alpha value is -2.40. The van der Waals surface area contributed by atoms with Crippen LogP contribution in [0.5, 0.6) is 0 Å². The number of benzene rings is 2. The minimum atomic E-state index is -0.631. The summed E-state index contributed by atoms with van der Waals surface area (Å²) in [6, 6.07) is 13.8. The highest BCUT2D eigenvalue weighted by molar-refractivity contribution is 6.00. The molecule has 0 radical (unpaired) electrons. The Morgan fingerprint density at radius 1 is 1.24 bits per heavy atom. The van der Waals surface area contributed by atoms with Gasteiger partial charge in [0.05, 0.1) is 12.0 Å². The molecular weight excluding hydrogens is 319 g/mol. The molecule has 0 bridgehead atoms. The van der Waals surface area contributed by atoms with Crippen LogP contribution in [0.4, 0.5) is 15.8 Å². The molecule has 3 rings (SSSR count). The monoisotopic (exact) mass is 342 g/mol. The summed E-state index contributed by atoms with van der Waals surface area (Å²) in [5.74, 6) is -0.395. The number of nitrogens with one attached hydrogen (secondary N) is 1. The Kier molecular flexibility index (Phi) is 5.04. The summed E-state index contributed by atoms with van der Waals surface area (Å²) in [6.07, 6.45) is 2.44. The Morgan fingerprint density at radius 2 is 1.96 bits per heavy atom. The molecule has 1 saturated carbocycles. The van der Waals surface area contributed by atoms with Crippen LogP contribution in [0.15, 0.2) is 48.5 Å². The van der Waals surface area contributed by atoms with Crippen LogP contribution in [0.2, 0.25) is 0 Å².